The lowest BCUT2D eigenvalue weighted by atomic mass is 10.2. The molecule has 1 aliphatic rings. The van der Waals surface area contributed by atoms with Gasteiger partial charge in [0.1, 0.15) is 10.7 Å². The summed E-state index contributed by atoms with van der Waals surface area (Å²) in [5, 5.41) is 2.84. The lowest BCUT2D eigenvalue weighted by Gasteiger charge is -2.12. The summed E-state index contributed by atoms with van der Waals surface area (Å²) in [5.74, 6) is -0.553. The van der Waals surface area contributed by atoms with Crippen LogP contribution in [-0.2, 0) is 9.53 Å². The predicted octanol–water partition coefficient (Wildman–Crippen LogP) is 3.63. The number of halogens is 1. The van der Waals surface area contributed by atoms with Crippen LogP contribution in [0, 0.1) is 11.7 Å². The first kappa shape index (κ1) is 16.6. The Labute approximate surface area is 143 Å². The molecule has 1 aromatic carbocycles. The van der Waals surface area contributed by atoms with Gasteiger partial charge in [0.25, 0.3) is 5.91 Å². The van der Waals surface area contributed by atoms with E-state index in [9.17, 15) is 14.0 Å². The van der Waals surface area contributed by atoms with Crippen LogP contribution in [0.25, 0.3) is 10.4 Å². The largest absolute Gasteiger partial charge is 0.451 e. The van der Waals surface area contributed by atoms with Gasteiger partial charge in [0, 0.05) is 10.9 Å². The topological polar surface area (TPSA) is 55.4 Å². The Balaban J connectivity index is 1.53. The van der Waals surface area contributed by atoms with E-state index in [-0.39, 0.29) is 24.4 Å². The van der Waals surface area contributed by atoms with E-state index in [1.54, 1.807) is 24.3 Å². The summed E-state index contributed by atoms with van der Waals surface area (Å²) in [7, 11) is 0. The van der Waals surface area contributed by atoms with Gasteiger partial charge >= 0.3 is 5.97 Å². The first-order chi connectivity index (χ1) is 11.5. The third-order valence-corrected chi connectivity index (χ3v) is 5.10. The number of rotatable bonds is 6. The van der Waals surface area contributed by atoms with Crippen molar-refractivity contribution in [3.8, 4) is 10.4 Å². The molecule has 0 aliphatic heterocycles. The molecule has 4 nitrogen and oxygen atoms in total. The summed E-state index contributed by atoms with van der Waals surface area (Å²) in [5.41, 5.74) is 0.830. The third-order valence-electron chi connectivity index (χ3n) is 3.99. The lowest BCUT2D eigenvalue weighted by Crippen LogP contribution is -2.37. The van der Waals surface area contributed by atoms with Gasteiger partial charge in [0.15, 0.2) is 6.61 Å². The molecule has 1 atom stereocenters. The van der Waals surface area contributed by atoms with Crippen LogP contribution < -0.4 is 5.32 Å². The molecule has 0 unspecified atom stereocenters. The molecule has 1 saturated carbocycles. The van der Waals surface area contributed by atoms with Crippen LogP contribution in [0.15, 0.2) is 36.4 Å². The van der Waals surface area contributed by atoms with E-state index in [0.717, 1.165) is 23.3 Å². The molecule has 6 heteroatoms. The predicted molar refractivity (Wildman–Crippen MR) is 90.3 cm³/mol. The second kappa shape index (κ2) is 7.13. The fourth-order valence-corrected chi connectivity index (χ4v) is 3.33. The van der Waals surface area contributed by atoms with Crippen LogP contribution in [0.1, 0.15) is 29.4 Å². The van der Waals surface area contributed by atoms with Gasteiger partial charge in [-0.15, -0.1) is 11.3 Å². The van der Waals surface area contributed by atoms with Crippen molar-refractivity contribution in [1.82, 2.24) is 5.32 Å². The monoisotopic (exact) mass is 347 g/mol. The minimum atomic E-state index is -0.525. The lowest BCUT2D eigenvalue weighted by molar-refractivity contribution is -0.124. The van der Waals surface area contributed by atoms with Gasteiger partial charge in [0.05, 0.1) is 0 Å². The van der Waals surface area contributed by atoms with Gasteiger partial charge in [-0.25, -0.2) is 9.18 Å². The minimum Gasteiger partial charge on any atom is -0.451 e. The average Bonchev–Trinajstić information content (AvgIpc) is 3.31. The number of benzene rings is 1. The Hall–Kier alpha value is -2.21. The highest BCUT2D eigenvalue weighted by atomic mass is 32.1. The van der Waals surface area contributed by atoms with Crippen molar-refractivity contribution in [2.75, 3.05) is 6.61 Å². The quantitative estimate of drug-likeness (QED) is 0.812. The van der Waals surface area contributed by atoms with E-state index >= 15 is 0 Å². The zero-order valence-corrected chi connectivity index (χ0v) is 14.1. The summed E-state index contributed by atoms with van der Waals surface area (Å²) in [6.07, 6.45) is 2.28. The van der Waals surface area contributed by atoms with Crippen molar-refractivity contribution in [1.29, 1.82) is 0 Å². The van der Waals surface area contributed by atoms with E-state index in [2.05, 4.69) is 5.32 Å². The van der Waals surface area contributed by atoms with Crippen LogP contribution in [0.2, 0.25) is 0 Å². The van der Waals surface area contributed by atoms with Crippen molar-refractivity contribution in [3.05, 3.63) is 47.1 Å². The van der Waals surface area contributed by atoms with Crippen LogP contribution in [0.5, 0.6) is 0 Å². The molecular formula is C18H18FNO3S. The van der Waals surface area contributed by atoms with Crippen molar-refractivity contribution in [2.24, 2.45) is 5.92 Å². The summed E-state index contributed by atoms with van der Waals surface area (Å²) in [6.45, 7) is 1.69. The Morgan fingerprint density at radius 3 is 2.62 bits per heavy atom. The van der Waals surface area contributed by atoms with Crippen molar-refractivity contribution in [2.45, 2.75) is 25.8 Å². The first-order valence-electron chi connectivity index (χ1n) is 7.85. The van der Waals surface area contributed by atoms with E-state index in [0.29, 0.717) is 10.8 Å². The van der Waals surface area contributed by atoms with Crippen LogP contribution in [0.3, 0.4) is 0 Å². The van der Waals surface area contributed by atoms with Gasteiger partial charge < -0.3 is 10.1 Å². The zero-order chi connectivity index (χ0) is 17.1. The molecule has 2 aromatic rings. The van der Waals surface area contributed by atoms with Crippen molar-refractivity contribution in [3.63, 3.8) is 0 Å². The zero-order valence-electron chi connectivity index (χ0n) is 13.3. The molecular weight excluding hydrogens is 329 g/mol. The van der Waals surface area contributed by atoms with E-state index < -0.39 is 5.97 Å². The highest BCUT2D eigenvalue weighted by Gasteiger charge is 2.29. The van der Waals surface area contributed by atoms with Crippen molar-refractivity contribution >= 4 is 23.2 Å². The Morgan fingerprint density at radius 1 is 1.25 bits per heavy atom. The molecule has 0 bridgehead atoms. The number of amides is 1. The molecule has 24 heavy (non-hydrogen) atoms. The molecule has 1 heterocycles. The van der Waals surface area contributed by atoms with Gasteiger partial charge in [0.2, 0.25) is 0 Å². The molecule has 0 spiro atoms. The maximum Gasteiger partial charge on any atom is 0.348 e. The van der Waals surface area contributed by atoms with E-state index in [1.807, 2.05) is 6.92 Å². The van der Waals surface area contributed by atoms with Gasteiger partial charge in [-0.2, -0.15) is 0 Å². The molecule has 1 aromatic heterocycles. The number of hydrogen-bond acceptors (Lipinski definition) is 4. The number of carbonyl (C=O) groups excluding carboxylic acids is 2. The molecule has 0 radical (unpaired) electrons. The van der Waals surface area contributed by atoms with Gasteiger partial charge in [-0.1, -0.05) is 12.1 Å². The van der Waals surface area contributed by atoms with E-state index in [1.165, 1.54) is 23.5 Å². The summed E-state index contributed by atoms with van der Waals surface area (Å²) in [4.78, 5) is 25.0. The highest BCUT2D eigenvalue weighted by molar-refractivity contribution is 7.17. The fourth-order valence-electron chi connectivity index (χ4n) is 2.43. The Morgan fingerprint density at radius 2 is 1.96 bits per heavy atom. The maximum absolute atomic E-state index is 12.9. The first-order valence-corrected chi connectivity index (χ1v) is 8.67. The number of hydrogen-bond donors (Lipinski definition) is 1. The van der Waals surface area contributed by atoms with Gasteiger partial charge in [-0.3, -0.25) is 4.79 Å². The summed E-state index contributed by atoms with van der Waals surface area (Å²) in [6, 6.07) is 9.62. The smallest absolute Gasteiger partial charge is 0.348 e. The number of ether oxygens (including phenoxy) is 1. The molecule has 1 aliphatic carbocycles. The van der Waals surface area contributed by atoms with Crippen molar-refractivity contribution < 1.29 is 18.7 Å². The van der Waals surface area contributed by atoms with E-state index in [4.69, 9.17) is 4.74 Å². The molecule has 1 N–H and O–H groups in total. The maximum atomic E-state index is 12.9. The second-order valence-electron chi connectivity index (χ2n) is 5.94. The fraction of sp³-hybridized carbons (Fsp3) is 0.333. The third kappa shape index (κ3) is 4.20. The summed E-state index contributed by atoms with van der Waals surface area (Å²) >= 11 is 1.25. The number of thiophene rings is 1. The SMILES string of the molecule is C[C@H](NC(=O)COC(=O)c1ccc(-c2ccc(F)cc2)s1)C1CC1. The molecule has 0 saturated heterocycles. The number of carbonyl (C=O) groups is 2. The molecule has 1 amide bonds. The Kier molecular flexibility index (Phi) is 4.94. The number of nitrogens with one attached hydrogen (secondary N) is 1. The highest BCUT2D eigenvalue weighted by Crippen LogP contribution is 2.32. The van der Waals surface area contributed by atoms with Crippen LogP contribution in [0.4, 0.5) is 4.39 Å². The summed E-state index contributed by atoms with van der Waals surface area (Å²) < 4.78 is 18.0. The average molecular weight is 347 g/mol. The van der Waals surface area contributed by atoms with Gasteiger partial charge in [-0.05, 0) is 55.5 Å². The standard InChI is InChI=1S/C18H18FNO3S/c1-11(12-2-3-12)20-17(21)10-23-18(22)16-9-8-15(24-16)13-4-6-14(19)7-5-13/h4-9,11-12H,2-3,10H2,1H3,(H,20,21)/t11-/m0/s1. The number of esters is 1. The molecule has 1 fully saturated rings. The molecule has 3 rings (SSSR count). The van der Waals surface area contributed by atoms with Crippen LogP contribution in [-0.4, -0.2) is 24.5 Å². The normalized spacial score (nSPS) is 14.9. The van der Waals surface area contributed by atoms with Crippen LogP contribution >= 0.6 is 11.3 Å². The Bertz CT molecular complexity index is 737. The minimum absolute atomic E-state index is 0.128. The molecule has 126 valence electrons. The second-order valence-corrected chi connectivity index (χ2v) is 7.02.